The van der Waals surface area contributed by atoms with Crippen LogP contribution in [0.1, 0.15) is 30.2 Å². The highest BCUT2D eigenvalue weighted by atomic mass is 79.9. The first-order valence-electron chi connectivity index (χ1n) is 10.6. The maximum absolute atomic E-state index is 13.3. The number of nitrogens with zero attached hydrogens (tertiary/aromatic N) is 2. The number of fused-ring (bicyclic) bond motifs is 1. The molecule has 1 amide bonds. The second kappa shape index (κ2) is 9.79. The molecule has 1 N–H and O–H groups in total. The summed E-state index contributed by atoms with van der Waals surface area (Å²) in [5.74, 6) is -0.258. The van der Waals surface area contributed by atoms with Crippen molar-refractivity contribution >= 4 is 49.1 Å². The van der Waals surface area contributed by atoms with Crippen LogP contribution in [0.4, 0.5) is 5.69 Å². The van der Waals surface area contributed by atoms with Crippen LogP contribution in [0.5, 0.6) is 0 Å². The quantitative estimate of drug-likeness (QED) is 0.323. The fourth-order valence-corrected chi connectivity index (χ4v) is 4.97. The predicted molar refractivity (Wildman–Crippen MR) is 135 cm³/mol. The van der Waals surface area contributed by atoms with Crippen LogP contribution in [0.2, 0.25) is 0 Å². The number of carbonyl (C=O) groups is 1. The molecular formula is C25H24BrN3O2S. The molecule has 32 heavy (non-hydrogen) atoms. The minimum absolute atomic E-state index is 0.0893. The van der Waals surface area contributed by atoms with Gasteiger partial charge < -0.3 is 5.32 Å². The van der Waals surface area contributed by atoms with Gasteiger partial charge >= 0.3 is 0 Å². The van der Waals surface area contributed by atoms with Crippen LogP contribution in [0.25, 0.3) is 21.3 Å². The number of hydrogen-bond donors (Lipinski definition) is 1. The lowest BCUT2D eigenvalue weighted by molar-refractivity contribution is -0.116. The Balaban J connectivity index is 1.57. The standard InChI is InChI=1S/C25H24BrN3O2S/c1-3-4-5-17-6-12-20(13-7-17)28-21(30)14-29-15-27-24-23(25(29)31)22(16(2)32-24)18-8-10-19(26)11-9-18/h6-13,15H,3-5,14H2,1-2H3,(H,28,30). The highest BCUT2D eigenvalue weighted by molar-refractivity contribution is 9.10. The molecule has 0 unspecified atom stereocenters. The van der Waals surface area contributed by atoms with Gasteiger partial charge in [-0.1, -0.05) is 53.5 Å². The summed E-state index contributed by atoms with van der Waals surface area (Å²) < 4.78 is 2.35. The molecule has 2 aromatic carbocycles. The lowest BCUT2D eigenvalue weighted by Gasteiger charge is -2.09. The molecule has 164 valence electrons. The van der Waals surface area contributed by atoms with Crippen LogP contribution in [0, 0.1) is 6.92 Å². The van der Waals surface area contributed by atoms with Crippen molar-refractivity contribution in [2.24, 2.45) is 0 Å². The topological polar surface area (TPSA) is 64.0 Å². The zero-order valence-corrected chi connectivity index (χ0v) is 20.4. The van der Waals surface area contributed by atoms with E-state index in [1.165, 1.54) is 27.8 Å². The number of aryl methyl sites for hydroxylation is 2. The number of amides is 1. The van der Waals surface area contributed by atoms with Gasteiger partial charge in [-0.05, 0) is 55.2 Å². The number of thiophene rings is 1. The Bertz CT molecular complexity index is 1310. The second-order valence-corrected chi connectivity index (χ2v) is 9.87. The largest absolute Gasteiger partial charge is 0.325 e. The van der Waals surface area contributed by atoms with Gasteiger partial charge in [0.25, 0.3) is 5.56 Å². The summed E-state index contributed by atoms with van der Waals surface area (Å²) in [6.07, 6.45) is 4.79. The van der Waals surface area contributed by atoms with E-state index in [4.69, 9.17) is 0 Å². The van der Waals surface area contributed by atoms with Crippen LogP contribution >= 0.6 is 27.3 Å². The molecular weight excluding hydrogens is 486 g/mol. The number of benzene rings is 2. The Kier molecular flexibility index (Phi) is 6.86. The number of rotatable bonds is 7. The Labute approximate surface area is 199 Å². The van der Waals surface area contributed by atoms with Crippen LogP contribution in [0.15, 0.2) is 64.1 Å². The van der Waals surface area contributed by atoms with Crippen LogP contribution in [-0.4, -0.2) is 15.5 Å². The molecule has 5 nitrogen and oxygen atoms in total. The summed E-state index contributed by atoms with van der Waals surface area (Å²) in [4.78, 5) is 32.1. The van der Waals surface area contributed by atoms with E-state index < -0.39 is 0 Å². The first kappa shape index (κ1) is 22.4. The number of anilines is 1. The number of nitrogens with one attached hydrogen (secondary N) is 1. The number of aromatic nitrogens is 2. The Morgan fingerprint density at radius 1 is 1.12 bits per heavy atom. The zero-order valence-electron chi connectivity index (χ0n) is 18.0. The van der Waals surface area contributed by atoms with Crippen molar-refractivity contribution in [1.82, 2.24) is 9.55 Å². The third kappa shape index (κ3) is 4.84. The van der Waals surface area contributed by atoms with Gasteiger partial charge in [-0.3, -0.25) is 14.2 Å². The van der Waals surface area contributed by atoms with E-state index in [1.54, 1.807) is 0 Å². The Morgan fingerprint density at radius 2 is 1.84 bits per heavy atom. The van der Waals surface area contributed by atoms with E-state index in [9.17, 15) is 9.59 Å². The third-order valence-corrected chi connectivity index (χ3v) is 6.90. The van der Waals surface area contributed by atoms with Gasteiger partial charge in [0.05, 0.1) is 11.7 Å². The number of unbranched alkanes of at least 4 members (excludes halogenated alkanes) is 1. The first-order chi connectivity index (χ1) is 15.5. The van der Waals surface area contributed by atoms with E-state index in [2.05, 4.69) is 33.2 Å². The molecule has 2 aromatic heterocycles. The molecule has 0 aliphatic rings. The van der Waals surface area contributed by atoms with Crippen LogP contribution in [0.3, 0.4) is 0 Å². The van der Waals surface area contributed by atoms with Crippen LogP contribution in [-0.2, 0) is 17.8 Å². The van der Waals surface area contributed by atoms with Crippen molar-refractivity contribution in [3.05, 3.63) is 80.1 Å². The summed E-state index contributed by atoms with van der Waals surface area (Å²) >= 11 is 4.94. The molecule has 0 bridgehead atoms. The Morgan fingerprint density at radius 3 is 2.53 bits per heavy atom. The minimum Gasteiger partial charge on any atom is -0.325 e. The highest BCUT2D eigenvalue weighted by Crippen LogP contribution is 2.35. The first-order valence-corrected chi connectivity index (χ1v) is 12.2. The molecule has 0 saturated heterocycles. The van der Waals surface area contributed by atoms with Crippen molar-refractivity contribution in [3.63, 3.8) is 0 Å². The average Bonchev–Trinajstić information content (AvgIpc) is 3.12. The Hall–Kier alpha value is -2.77. The van der Waals surface area contributed by atoms with E-state index in [0.717, 1.165) is 45.4 Å². The zero-order chi connectivity index (χ0) is 22.7. The maximum Gasteiger partial charge on any atom is 0.263 e. The van der Waals surface area contributed by atoms with Gasteiger partial charge in [0, 0.05) is 20.6 Å². The normalized spacial score (nSPS) is 11.1. The molecule has 7 heteroatoms. The molecule has 0 radical (unpaired) electrons. The molecule has 4 aromatic rings. The van der Waals surface area contributed by atoms with Crippen molar-refractivity contribution in [2.45, 2.75) is 39.7 Å². The lowest BCUT2D eigenvalue weighted by Crippen LogP contribution is -2.27. The van der Waals surface area contributed by atoms with Crippen molar-refractivity contribution < 1.29 is 4.79 Å². The summed E-state index contributed by atoms with van der Waals surface area (Å²) in [7, 11) is 0. The second-order valence-electron chi connectivity index (χ2n) is 7.75. The average molecular weight is 510 g/mol. The summed E-state index contributed by atoms with van der Waals surface area (Å²) in [5.41, 5.74) is 3.61. The van der Waals surface area contributed by atoms with Crippen molar-refractivity contribution in [1.29, 1.82) is 0 Å². The molecule has 0 atom stereocenters. The molecule has 0 fully saturated rings. The van der Waals surface area contributed by atoms with Crippen molar-refractivity contribution in [2.75, 3.05) is 5.32 Å². The SMILES string of the molecule is CCCCc1ccc(NC(=O)Cn2cnc3sc(C)c(-c4ccc(Br)cc4)c3c2=O)cc1. The molecule has 2 heterocycles. The summed E-state index contributed by atoms with van der Waals surface area (Å²) in [6, 6.07) is 15.7. The number of halogens is 1. The van der Waals surface area contributed by atoms with Gasteiger partial charge in [-0.2, -0.15) is 0 Å². The molecule has 0 spiro atoms. The molecule has 0 saturated carbocycles. The van der Waals surface area contributed by atoms with Gasteiger partial charge in [0.2, 0.25) is 5.91 Å². The number of hydrogen-bond acceptors (Lipinski definition) is 4. The summed E-state index contributed by atoms with van der Waals surface area (Å²) in [5, 5.41) is 3.44. The van der Waals surface area contributed by atoms with E-state index in [0.29, 0.717) is 10.2 Å². The smallest absolute Gasteiger partial charge is 0.263 e. The van der Waals surface area contributed by atoms with Gasteiger partial charge in [-0.15, -0.1) is 11.3 Å². The monoisotopic (exact) mass is 509 g/mol. The lowest BCUT2D eigenvalue weighted by atomic mass is 10.0. The van der Waals surface area contributed by atoms with E-state index in [-0.39, 0.29) is 18.0 Å². The molecule has 4 rings (SSSR count). The van der Waals surface area contributed by atoms with Gasteiger partial charge in [0.15, 0.2) is 0 Å². The molecule has 0 aliphatic heterocycles. The molecule has 0 aliphatic carbocycles. The predicted octanol–water partition coefficient (Wildman–Crippen LogP) is 6.18. The highest BCUT2D eigenvalue weighted by Gasteiger charge is 2.18. The van der Waals surface area contributed by atoms with E-state index >= 15 is 0 Å². The maximum atomic E-state index is 13.3. The third-order valence-electron chi connectivity index (χ3n) is 5.36. The summed E-state index contributed by atoms with van der Waals surface area (Å²) in [6.45, 7) is 4.07. The van der Waals surface area contributed by atoms with Crippen molar-refractivity contribution in [3.8, 4) is 11.1 Å². The van der Waals surface area contributed by atoms with Gasteiger partial charge in [0.1, 0.15) is 11.4 Å². The minimum atomic E-state index is -0.258. The number of carbonyl (C=O) groups excluding carboxylic acids is 1. The fourth-order valence-electron chi connectivity index (χ4n) is 3.71. The van der Waals surface area contributed by atoms with Gasteiger partial charge in [-0.25, -0.2) is 4.98 Å². The fraction of sp³-hybridized carbons (Fsp3) is 0.240. The van der Waals surface area contributed by atoms with E-state index in [1.807, 2.05) is 55.5 Å². The van der Waals surface area contributed by atoms with Crippen LogP contribution < -0.4 is 10.9 Å².